The summed E-state index contributed by atoms with van der Waals surface area (Å²) in [6.45, 7) is 1.47. The first-order valence-corrected chi connectivity index (χ1v) is 10.2. The summed E-state index contributed by atoms with van der Waals surface area (Å²) in [7, 11) is 0. The van der Waals surface area contributed by atoms with Crippen LogP contribution in [0, 0.1) is 11.6 Å². The number of pyridine rings is 2. The van der Waals surface area contributed by atoms with Gasteiger partial charge < -0.3 is 10.3 Å². The number of hydrogen-bond donors (Lipinski definition) is 3. The minimum absolute atomic E-state index is 0.328. The first-order valence-electron chi connectivity index (χ1n) is 10.2. The Kier molecular flexibility index (Phi) is 4.29. The van der Waals surface area contributed by atoms with E-state index in [1.54, 1.807) is 30.7 Å². The molecule has 0 aliphatic carbocycles. The second kappa shape index (κ2) is 7.31. The van der Waals surface area contributed by atoms with Crippen LogP contribution in [0.15, 0.2) is 48.9 Å². The molecule has 0 saturated carbocycles. The summed E-state index contributed by atoms with van der Waals surface area (Å²) in [5.41, 5.74) is 4.63. The molecule has 1 aliphatic heterocycles. The van der Waals surface area contributed by atoms with Crippen LogP contribution < -0.4 is 5.32 Å². The largest absolute Gasteiger partial charge is 0.335 e. The van der Waals surface area contributed by atoms with E-state index < -0.39 is 5.82 Å². The van der Waals surface area contributed by atoms with E-state index in [4.69, 9.17) is 0 Å². The van der Waals surface area contributed by atoms with Crippen molar-refractivity contribution in [3.8, 4) is 22.6 Å². The van der Waals surface area contributed by atoms with E-state index in [0.717, 1.165) is 12.1 Å². The molecule has 158 valence electrons. The van der Waals surface area contributed by atoms with E-state index in [1.165, 1.54) is 12.1 Å². The maximum atomic E-state index is 15.6. The number of nitrogens with zero attached hydrogens (tertiary/aromatic N) is 4. The maximum absolute atomic E-state index is 15.6. The molecule has 3 N–H and O–H groups in total. The van der Waals surface area contributed by atoms with Gasteiger partial charge >= 0.3 is 0 Å². The normalized spacial score (nSPS) is 14.2. The Bertz CT molecular complexity index is 1520. The molecule has 0 fully saturated rings. The van der Waals surface area contributed by atoms with Crippen molar-refractivity contribution in [2.45, 2.75) is 6.42 Å². The molecular formula is C23H17F2N7. The highest BCUT2D eigenvalue weighted by Crippen LogP contribution is 2.33. The van der Waals surface area contributed by atoms with Crippen molar-refractivity contribution in [2.24, 2.45) is 0 Å². The predicted octanol–water partition coefficient (Wildman–Crippen LogP) is 4.22. The summed E-state index contributed by atoms with van der Waals surface area (Å²) in [4.78, 5) is 16.4. The Balaban J connectivity index is 1.53. The van der Waals surface area contributed by atoms with E-state index in [2.05, 4.69) is 35.5 Å². The van der Waals surface area contributed by atoms with E-state index in [0.29, 0.717) is 63.2 Å². The topological polar surface area (TPSA) is 95.2 Å². The second-order valence-corrected chi connectivity index (χ2v) is 7.64. The molecular weight excluding hydrogens is 412 g/mol. The van der Waals surface area contributed by atoms with Gasteiger partial charge in [0.25, 0.3) is 0 Å². The molecule has 6 rings (SSSR count). The third-order valence-electron chi connectivity index (χ3n) is 5.67. The fourth-order valence-electron chi connectivity index (χ4n) is 4.12. The fourth-order valence-corrected chi connectivity index (χ4v) is 4.12. The van der Waals surface area contributed by atoms with Crippen molar-refractivity contribution in [1.29, 1.82) is 0 Å². The van der Waals surface area contributed by atoms with Gasteiger partial charge in [0.1, 0.15) is 17.2 Å². The molecule has 7 nitrogen and oxygen atoms in total. The Morgan fingerprint density at radius 1 is 1.00 bits per heavy atom. The number of nitrogens with one attached hydrogen (secondary N) is 3. The quantitative estimate of drug-likeness (QED) is 0.399. The zero-order valence-electron chi connectivity index (χ0n) is 16.8. The molecule has 1 aromatic carbocycles. The third-order valence-corrected chi connectivity index (χ3v) is 5.67. The summed E-state index contributed by atoms with van der Waals surface area (Å²) in [5, 5.41) is 10.7. The van der Waals surface area contributed by atoms with Crippen molar-refractivity contribution in [3.05, 3.63) is 66.3 Å². The van der Waals surface area contributed by atoms with Crippen LogP contribution in [0.5, 0.6) is 0 Å². The van der Waals surface area contributed by atoms with Crippen molar-refractivity contribution >= 4 is 27.5 Å². The van der Waals surface area contributed by atoms with E-state index in [-0.39, 0.29) is 5.82 Å². The highest BCUT2D eigenvalue weighted by molar-refractivity contribution is 5.97. The Morgan fingerprint density at radius 3 is 2.78 bits per heavy atom. The smallest absolute Gasteiger partial charge is 0.160 e. The predicted molar refractivity (Wildman–Crippen MR) is 118 cm³/mol. The molecule has 9 heteroatoms. The van der Waals surface area contributed by atoms with Crippen LogP contribution in [-0.2, 0) is 0 Å². The molecule has 0 bridgehead atoms. The molecule has 1 aliphatic rings. The molecule has 0 radical (unpaired) electrons. The number of aromatic nitrogens is 6. The molecule has 0 spiro atoms. The number of hydrogen-bond acceptors (Lipinski definition) is 5. The summed E-state index contributed by atoms with van der Waals surface area (Å²) in [6, 6.07) is 6.24. The zero-order chi connectivity index (χ0) is 21.7. The van der Waals surface area contributed by atoms with Gasteiger partial charge in [0.05, 0.1) is 34.3 Å². The average Bonchev–Trinajstić information content (AvgIpc) is 3.44. The van der Waals surface area contributed by atoms with E-state index in [1.807, 2.05) is 6.08 Å². The van der Waals surface area contributed by atoms with Gasteiger partial charge in [-0.1, -0.05) is 18.2 Å². The Labute approximate surface area is 180 Å². The highest BCUT2D eigenvalue weighted by atomic mass is 19.1. The molecule has 4 aromatic heterocycles. The van der Waals surface area contributed by atoms with Crippen molar-refractivity contribution in [1.82, 2.24) is 35.5 Å². The van der Waals surface area contributed by atoms with Crippen LogP contribution >= 0.6 is 0 Å². The average molecular weight is 429 g/mol. The number of aromatic amines is 2. The van der Waals surface area contributed by atoms with Crippen LogP contribution in [0.4, 0.5) is 8.78 Å². The molecule has 5 aromatic rings. The SMILES string of the molecule is Fc1cccc(-c2cncc3[nH]c(-c4n[nH]c5cnc(C6=CCNCC6)c(F)c45)nc23)c1. The second-order valence-electron chi connectivity index (χ2n) is 7.64. The molecule has 32 heavy (non-hydrogen) atoms. The molecule has 5 heterocycles. The van der Waals surface area contributed by atoms with Crippen molar-refractivity contribution in [3.63, 3.8) is 0 Å². The Hall–Kier alpha value is -3.98. The van der Waals surface area contributed by atoms with Gasteiger partial charge in [-0.05, 0) is 36.2 Å². The van der Waals surface area contributed by atoms with E-state index in [9.17, 15) is 4.39 Å². The molecule has 0 amide bonds. The lowest BCUT2D eigenvalue weighted by molar-refractivity contribution is 0.625. The standard InChI is InChI=1S/C23H17F2N7/c24-14-3-1-2-13(8-14)15-9-27-10-17-21(15)30-23(29-17)22-18-16(31-32-22)11-28-20(19(18)25)12-4-6-26-7-5-12/h1-4,8-11,26H,5-7H2,(H,29,30)(H,31,32). The number of imidazole rings is 1. The van der Waals surface area contributed by atoms with Crippen LogP contribution in [0.3, 0.4) is 0 Å². The summed E-state index contributed by atoms with van der Waals surface area (Å²) in [6.07, 6.45) is 7.52. The van der Waals surface area contributed by atoms with E-state index >= 15 is 4.39 Å². The maximum Gasteiger partial charge on any atom is 0.160 e. The summed E-state index contributed by atoms with van der Waals surface area (Å²) >= 11 is 0. The van der Waals surface area contributed by atoms with Gasteiger partial charge in [0.2, 0.25) is 0 Å². The number of H-pyrrole nitrogens is 2. The van der Waals surface area contributed by atoms with Crippen LogP contribution in [0.25, 0.3) is 50.2 Å². The van der Waals surface area contributed by atoms with Gasteiger partial charge in [-0.2, -0.15) is 5.10 Å². The summed E-state index contributed by atoms with van der Waals surface area (Å²) < 4.78 is 29.4. The summed E-state index contributed by atoms with van der Waals surface area (Å²) in [5.74, 6) is -0.376. The minimum Gasteiger partial charge on any atom is -0.335 e. The minimum atomic E-state index is -0.427. The van der Waals surface area contributed by atoms with Gasteiger partial charge in [-0.3, -0.25) is 15.1 Å². The van der Waals surface area contributed by atoms with Gasteiger partial charge in [-0.25, -0.2) is 13.8 Å². The van der Waals surface area contributed by atoms with Gasteiger partial charge in [-0.15, -0.1) is 0 Å². The van der Waals surface area contributed by atoms with Crippen LogP contribution in [0.2, 0.25) is 0 Å². The molecule has 0 unspecified atom stereocenters. The number of rotatable bonds is 3. The van der Waals surface area contributed by atoms with Gasteiger partial charge in [0, 0.05) is 18.3 Å². The van der Waals surface area contributed by atoms with Crippen LogP contribution in [-0.4, -0.2) is 43.2 Å². The first-order chi connectivity index (χ1) is 15.7. The zero-order valence-corrected chi connectivity index (χ0v) is 16.8. The lowest BCUT2D eigenvalue weighted by atomic mass is 10.0. The highest BCUT2D eigenvalue weighted by Gasteiger charge is 2.22. The number of benzene rings is 1. The van der Waals surface area contributed by atoms with Crippen molar-refractivity contribution in [2.75, 3.05) is 13.1 Å². The van der Waals surface area contributed by atoms with Gasteiger partial charge in [0.15, 0.2) is 11.6 Å². The fraction of sp³-hybridized carbons (Fsp3) is 0.130. The first kappa shape index (κ1) is 18.8. The lowest BCUT2D eigenvalue weighted by Gasteiger charge is -2.14. The lowest BCUT2D eigenvalue weighted by Crippen LogP contribution is -2.20. The third kappa shape index (κ3) is 2.97. The molecule has 0 atom stereocenters. The van der Waals surface area contributed by atoms with Crippen molar-refractivity contribution < 1.29 is 8.78 Å². The molecule has 0 saturated heterocycles. The Morgan fingerprint density at radius 2 is 1.94 bits per heavy atom. The number of fused-ring (bicyclic) bond motifs is 2. The monoisotopic (exact) mass is 429 g/mol. The van der Waals surface area contributed by atoms with Crippen LogP contribution in [0.1, 0.15) is 12.1 Å². The number of halogens is 2.